The molecule has 1 heterocycles. The zero-order chi connectivity index (χ0) is 33.7. The van der Waals surface area contributed by atoms with Crippen LogP contribution in [0.3, 0.4) is 0 Å². The van der Waals surface area contributed by atoms with E-state index in [4.69, 9.17) is 14.2 Å². The first-order valence-corrected chi connectivity index (χ1v) is 18.6. The Morgan fingerprint density at radius 1 is 0.848 bits per heavy atom. The van der Waals surface area contributed by atoms with Crippen molar-refractivity contribution in [3.63, 3.8) is 0 Å². The Morgan fingerprint density at radius 3 is 2.00 bits per heavy atom. The van der Waals surface area contributed by atoms with E-state index in [9.17, 15) is 13.5 Å². The fraction of sp³-hybridized carbons (Fsp3) is 0.667. The molecule has 2 aromatic carbocycles. The lowest BCUT2D eigenvalue weighted by atomic mass is 9.72. The van der Waals surface area contributed by atoms with E-state index < -0.39 is 27.6 Å². The molecular weight excluding hydrogens is 602 g/mol. The summed E-state index contributed by atoms with van der Waals surface area (Å²) in [5.41, 5.74) is 1.44. The molecule has 0 bridgehead atoms. The Hall–Kier alpha value is -2.21. The van der Waals surface area contributed by atoms with Crippen LogP contribution in [0.4, 0.5) is 5.69 Å². The number of likely N-dealkylation sites (N-methyl/N-ethyl adjacent to an activating group) is 2. The van der Waals surface area contributed by atoms with Crippen LogP contribution < -0.4 is 9.64 Å². The maximum atomic E-state index is 14.3. The van der Waals surface area contributed by atoms with Gasteiger partial charge in [-0.25, -0.2) is 8.42 Å². The fourth-order valence-corrected chi connectivity index (χ4v) is 8.24. The molecule has 9 nitrogen and oxygen atoms in total. The minimum Gasteiger partial charge on any atom is -0.491 e. The fourth-order valence-electron chi connectivity index (χ4n) is 6.45. The SMILES string of the molecule is CCCCC1(CCCC)[C@H](O)[C@H](c2ccc(OCCOCCOCCN(CC)CC)cc2)c2cc(N(C)C)ccc2S(=O)(=O)N1C. The number of unbranched alkanes of at least 4 members (excludes halogenated alkanes) is 2. The van der Waals surface area contributed by atoms with Gasteiger partial charge in [0, 0.05) is 39.3 Å². The molecule has 0 saturated heterocycles. The summed E-state index contributed by atoms with van der Waals surface area (Å²) in [4.78, 5) is 4.55. The predicted molar refractivity (Wildman–Crippen MR) is 187 cm³/mol. The lowest BCUT2D eigenvalue weighted by Gasteiger charge is -2.45. The van der Waals surface area contributed by atoms with Gasteiger partial charge in [-0.05, 0) is 67.4 Å². The minimum absolute atomic E-state index is 0.258. The molecule has 10 heteroatoms. The number of rotatable bonds is 20. The third-order valence-electron chi connectivity index (χ3n) is 9.46. The summed E-state index contributed by atoms with van der Waals surface area (Å²) < 4.78 is 47.4. The van der Waals surface area contributed by atoms with Crippen LogP contribution in [0.15, 0.2) is 47.4 Å². The number of hydrogen-bond donors (Lipinski definition) is 1. The average Bonchev–Trinajstić information content (AvgIpc) is 3.10. The molecule has 260 valence electrons. The molecule has 1 N–H and O–H groups in total. The molecule has 1 aliphatic heterocycles. The van der Waals surface area contributed by atoms with E-state index in [0.717, 1.165) is 56.6 Å². The van der Waals surface area contributed by atoms with Crippen LogP contribution in [-0.4, -0.2) is 108 Å². The van der Waals surface area contributed by atoms with Gasteiger partial charge in [0.05, 0.1) is 43.0 Å². The summed E-state index contributed by atoms with van der Waals surface area (Å²) in [5.74, 6) is 0.156. The maximum Gasteiger partial charge on any atom is 0.243 e. The Balaban J connectivity index is 1.81. The van der Waals surface area contributed by atoms with Crippen molar-refractivity contribution < 1.29 is 27.7 Å². The number of aliphatic hydroxyl groups excluding tert-OH is 1. The van der Waals surface area contributed by atoms with Gasteiger partial charge in [0.25, 0.3) is 0 Å². The van der Waals surface area contributed by atoms with Crippen molar-refractivity contribution in [2.24, 2.45) is 0 Å². The molecule has 0 unspecified atom stereocenters. The number of fused-ring (bicyclic) bond motifs is 1. The van der Waals surface area contributed by atoms with Gasteiger partial charge in [-0.3, -0.25) is 0 Å². The van der Waals surface area contributed by atoms with Gasteiger partial charge in [0.1, 0.15) is 12.4 Å². The number of sulfonamides is 1. The molecule has 0 radical (unpaired) electrons. The summed E-state index contributed by atoms with van der Waals surface area (Å²) in [6.07, 6.45) is 3.71. The number of nitrogens with zero attached hydrogens (tertiary/aromatic N) is 3. The van der Waals surface area contributed by atoms with Gasteiger partial charge in [-0.1, -0.05) is 65.5 Å². The van der Waals surface area contributed by atoms with E-state index in [2.05, 4.69) is 32.6 Å². The van der Waals surface area contributed by atoms with E-state index in [-0.39, 0.29) is 4.90 Å². The maximum absolute atomic E-state index is 14.3. The van der Waals surface area contributed by atoms with Crippen LogP contribution in [0.2, 0.25) is 0 Å². The number of ether oxygens (including phenoxy) is 3. The molecule has 1 aliphatic rings. The van der Waals surface area contributed by atoms with Gasteiger partial charge >= 0.3 is 0 Å². The standard InChI is InChI=1S/C36H59N3O6S/c1-8-12-20-36(21-13-9-2)35(40)34(32-28-30(37(5)6)16-19-33(32)46(41,42)38(36)7)29-14-17-31(18-15-29)45-27-26-44-25-24-43-23-22-39(10-3)11-4/h14-19,28,34-35,40H,8-13,20-27H2,1-7H3/t34-,35-/m1/s1. The molecule has 3 rings (SSSR count). The number of anilines is 1. The van der Waals surface area contributed by atoms with E-state index in [1.54, 1.807) is 13.1 Å². The van der Waals surface area contributed by atoms with Crippen molar-refractivity contribution in [2.45, 2.75) is 88.7 Å². The van der Waals surface area contributed by atoms with Gasteiger partial charge < -0.3 is 29.1 Å². The van der Waals surface area contributed by atoms with E-state index in [0.29, 0.717) is 57.2 Å². The molecule has 46 heavy (non-hydrogen) atoms. The molecule has 0 spiro atoms. The lowest BCUT2D eigenvalue weighted by Crippen LogP contribution is -2.57. The summed E-state index contributed by atoms with van der Waals surface area (Å²) in [6, 6.07) is 13.2. The highest BCUT2D eigenvalue weighted by Gasteiger charge is 2.53. The van der Waals surface area contributed by atoms with Crippen molar-refractivity contribution in [1.82, 2.24) is 9.21 Å². The van der Waals surface area contributed by atoms with Crippen LogP contribution >= 0.6 is 0 Å². The Labute approximate surface area is 278 Å². The molecule has 0 aromatic heterocycles. The van der Waals surface area contributed by atoms with Crippen LogP contribution in [0, 0.1) is 0 Å². The van der Waals surface area contributed by atoms with Crippen LogP contribution in [0.5, 0.6) is 5.75 Å². The lowest BCUT2D eigenvalue weighted by molar-refractivity contribution is -0.00314. The van der Waals surface area contributed by atoms with E-state index in [1.807, 2.05) is 55.4 Å². The van der Waals surface area contributed by atoms with Crippen molar-refractivity contribution in [3.8, 4) is 5.75 Å². The molecular formula is C36H59N3O6S. The highest BCUT2D eigenvalue weighted by atomic mass is 32.2. The summed E-state index contributed by atoms with van der Waals surface area (Å²) in [7, 11) is 1.66. The summed E-state index contributed by atoms with van der Waals surface area (Å²) in [5, 5.41) is 12.5. The zero-order valence-electron chi connectivity index (χ0n) is 29.3. The topological polar surface area (TPSA) is 91.8 Å². The minimum atomic E-state index is -3.88. The first-order chi connectivity index (χ1) is 22.1. The van der Waals surface area contributed by atoms with Crippen molar-refractivity contribution in [1.29, 1.82) is 0 Å². The van der Waals surface area contributed by atoms with E-state index in [1.165, 1.54) is 4.31 Å². The molecule has 0 amide bonds. The van der Waals surface area contributed by atoms with Gasteiger partial charge in [0.15, 0.2) is 0 Å². The molecule has 2 aromatic rings. The van der Waals surface area contributed by atoms with Gasteiger partial charge in [-0.2, -0.15) is 4.31 Å². The van der Waals surface area contributed by atoms with Crippen molar-refractivity contribution in [3.05, 3.63) is 53.6 Å². The Bertz CT molecular complexity index is 1280. The Kier molecular flexibility index (Phi) is 15.3. The van der Waals surface area contributed by atoms with Crippen molar-refractivity contribution >= 4 is 15.7 Å². The third-order valence-corrected chi connectivity index (χ3v) is 11.5. The molecule has 2 atom stereocenters. The number of benzene rings is 2. The quantitative estimate of drug-likeness (QED) is 0.180. The summed E-state index contributed by atoms with van der Waals surface area (Å²) in [6.45, 7) is 14.1. The van der Waals surface area contributed by atoms with Crippen LogP contribution in [0.25, 0.3) is 0 Å². The zero-order valence-corrected chi connectivity index (χ0v) is 30.2. The van der Waals surface area contributed by atoms with Crippen LogP contribution in [-0.2, 0) is 19.5 Å². The third kappa shape index (κ3) is 9.23. The Morgan fingerprint density at radius 2 is 1.43 bits per heavy atom. The highest BCUT2D eigenvalue weighted by molar-refractivity contribution is 7.89. The van der Waals surface area contributed by atoms with Gasteiger partial charge in [-0.15, -0.1) is 0 Å². The molecule has 0 aliphatic carbocycles. The molecule has 0 saturated carbocycles. The second-order valence-corrected chi connectivity index (χ2v) is 14.4. The highest BCUT2D eigenvalue weighted by Crippen LogP contribution is 2.48. The summed E-state index contributed by atoms with van der Waals surface area (Å²) >= 11 is 0. The second-order valence-electron chi connectivity index (χ2n) is 12.5. The predicted octanol–water partition coefficient (Wildman–Crippen LogP) is 5.75. The first-order valence-electron chi connectivity index (χ1n) is 17.2. The molecule has 0 fully saturated rings. The van der Waals surface area contributed by atoms with Crippen LogP contribution in [0.1, 0.15) is 83.3 Å². The smallest absolute Gasteiger partial charge is 0.243 e. The monoisotopic (exact) mass is 661 g/mol. The number of hydrogen-bond acceptors (Lipinski definition) is 8. The second kappa shape index (κ2) is 18.4. The van der Waals surface area contributed by atoms with Gasteiger partial charge in [0.2, 0.25) is 10.0 Å². The average molecular weight is 662 g/mol. The number of aliphatic hydroxyl groups is 1. The normalized spacial score (nSPS) is 19.2. The largest absolute Gasteiger partial charge is 0.491 e. The van der Waals surface area contributed by atoms with E-state index >= 15 is 0 Å². The first kappa shape index (κ1) is 38.2. The van der Waals surface area contributed by atoms with Crippen molar-refractivity contribution in [2.75, 3.05) is 78.7 Å².